The third-order valence-corrected chi connectivity index (χ3v) is 4.67. The van der Waals surface area contributed by atoms with Gasteiger partial charge in [-0.2, -0.15) is 13.2 Å². The van der Waals surface area contributed by atoms with E-state index in [1.165, 1.54) is 51.7 Å². The van der Waals surface area contributed by atoms with Crippen LogP contribution >= 0.6 is 0 Å². The van der Waals surface area contributed by atoms with Crippen molar-refractivity contribution in [1.82, 2.24) is 10.2 Å². The maximum Gasteiger partial charge on any atom is 0.490 e. The van der Waals surface area contributed by atoms with Crippen LogP contribution in [0.3, 0.4) is 0 Å². The molecule has 8 heteroatoms. The van der Waals surface area contributed by atoms with E-state index in [9.17, 15) is 13.2 Å². The summed E-state index contributed by atoms with van der Waals surface area (Å²) < 4.78 is 37.2. The molecule has 1 saturated carbocycles. The first-order valence-corrected chi connectivity index (χ1v) is 7.69. The standard InChI is InChI=1S/C12H22N2O.C2HF3O2/c1-4-12(5-1)10-14(7-6-13-12)11-2-8-15-9-3-11;3-2(4,5)1(6)7/h11,13H,1-10H2;(H,6,7). The zero-order valence-electron chi connectivity index (χ0n) is 12.5. The summed E-state index contributed by atoms with van der Waals surface area (Å²) in [5, 5.41) is 10.9. The number of ether oxygens (including phenoxy) is 1. The Morgan fingerprint density at radius 3 is 2.32 bits per heavy atom. The first-order chi connectivity index (χ1) is 10.3. The molecule has 0 unspecified atom stereocenters. The topological polar surface area (TPSA) is 61.8 Å². The fourth-order valence-electron chi connectivity index (χ4n) is 3.29. The number of carboxylic acids is 1. The van der Waals surface area contributed by atoms with E-state index in [4.69, 9.17) is 14.6 Å². The number of nitrogens with zero attached hydrogens (tertiary/aromatic N) is 1. The molecule has 3 aliphatic rings. The zero-order valence-corrected chi connectivity index (χ0v) is 12.5. The molecule has 5 nitrogen and oxygen atoms in total. The van der Waals surface area contributed by atoms with Crippen LogP contribution < -0.4 is 5.32 Å². The highest BCUT2D eigenvalue weighted by Gasteiger charge is 2.41. The van der Waals surface area contributed by atoms with Gasteiger partial charge in [0, 0.05) is 44.4 Å². The van der Waals surface area contributed by atoms with Gasteiger partial charge in [-0.3, -0.25) is 4.90 Å². The predicted molar refractivity (Wildman–Crippen MR) is 73.7 cm³/mol. The van der Waals surface area contributed by atoms with Crippen molar-refractivity contribution in [3.05, 3.63) is 0 Å². The molecule has 3 rings (SSSR count). The lowest BCUT2D eigenvalue weighted by Crippen LogP contribution is -2.65. The van der Waals surface area contributed by atoms with Crippen molar-refractivity contribution in [3.8, 4) is 0 Å². The smallest absolute Gasteiger partial charge is 0.475 e. The van der Waals surface area contributed by atoms with Crippen molar-refractivity contribution in [2.24, 2.45) is 0 Å². The lowest BCUT2D eigenvalue weighted by molar-refractivity contribution is -0.192. The molecule has 3 fully saturated rings. The van der Waals surface area contributed by atoms with E-state index in [1.807, 2.05) is 0 Å². The zero-order chi connectivity index (χ0) is 16.2. The number of piperazine rings is 1. The van der Waals surface area contributed by atoms with Crippen LogP contribution in [0.25, 0.3) is 0 Å². The van der Waals surface area contributed by atoms with Crippen LogP contribution in [-0.4, -0.2) is 66.6 Å². The number of aliphatic carboxylic acids is 1. The molecular weight excluding hydrogens is 301 g/mol. The van der Waals surface area contributed by atoms with Crippen LogP contribution in [0.5, 0.6) is 0 Å². The van der Waals surface area contributed by atoms with E-state index in [-0.39, 0.29) is 0 Å². The molecule has 0 bridgehead atoms. The second-order valence-electron chi connectivity index (χ2n) is 6.18. The number of alkyl halides is 3. The van der Waals surface area contributed by atoms with Crippen LogP contribution in [0.1, 0.15) is 32.1 Å². The van der Waals surface area contributed by atoms with Crippen molar-refractivity contribution in [2.45, 2.75) is 49.9 Å². The van der Waals surface area contributed by atoms with Crippen LogP contribution in [0.4, 0.5) is 13.2 Å². The number of carboxylic acid groups (broad SMARTS) is 1. The van der Waals surface area contributed by atoms with Gasteiger partial charge in [0.05, 0.1) is 0 Å². The van der Waals surface area contributed by atoms with Crippen molar-refractivity contribution >= 4 is 5.97 Å². The third-order valence-electron chi connectivity index (χ3n) is 4.67. The molecule has 1 spiro atoms. The first kappa shape index (κ1) is 17.5. The summed E-state index contributed by atoms with van der Waals surface area (Å²) in [5.41, 5.74) is 0.510. The summed E-state index contributed by atoms with van der Waals surface area (Å²) in [6, 6.07) is 0.804. The Morgan fingerprint density at radius 2 is 1.86 bits per heavy atom. The fraction of sp³-hybridized carbons (Fsp3) is 0.929. The SMILES string of the molecule is C1CC2(C1)CN(C1CCOCC1)CCN2.O=C(O)C(F)(F)F. The van der Waals surface area contributed by atoms with Gasteiger partial charge in [0.2, 0.25) is 0 Å². The predicted octanol–water partition coefficient (Wildman–Crippen LogP) is 1.63. The van der Waals surface area contributed by atoms with E-state index in [2.05, 4.69) is 10.2 Å². The third kappa shape index (κ3) is 4.57. The Bertz CT molecular complexity index is 380. The maximum atomic E-state index is 10.6. The number of rotatable bonds is 1. The van der Waals surface area contributed by atoms with E-state index in [0.717, 1.165) is 19.3 Å². The highest BCUT2D eigenvalue weighted by molar-refractivity contribution is 5.73. The van der Waals surface area contributed by atoms with Crippen LogP contribution in [-0.2, 0) is 9.53 Å². The van der Waals surface area contributed by atoms with Crippen LogP contribution in [0, 0.1) is 0 Å². The summed E-state index contributed by atoms with van der Waals surface area (Å²) in [6.07, 6.45) is 1.63. The number of nitrogens with one attached hydrogen (secondary N) is 1. The van der Waals surface area contributed by atoms with Gasteiger partial charge in [-0.1, -0.05) is 0 Å². The summed E-state index contributed by atoms with van der Waals surface area (Å²) in [5.74, 6) is -2.76. The van der Waals surface area contributed by atoms with Gasteiger partial charge < -0.3 is 15.2 Å². The molecule has 0 atom stereocenters. The van der Waals surface area contributed by atoms with Gasteiger partial charge in [0.25, 0.3) is 0 Å². The van der Waals surface area contributed by atoms with Crippen molar-refractivity contribution in [2.75, 3.05) is 32.8 Å². The number of halogens is 3. The molecule has 0 aromatic heterocycles. The minimum absolute atomic E-state index is 0.510. The Balaban J connectivity index is 0.000000217. The molecule has 0 aromatic carbocycles. The van der Waals surface area contributed by atoms with Gasteiger partial charge in [0.15, 0.2) is 0 Å². The van der Waals surface area contributed by atoms with Crippen molar-refractivity contribution < 1.29 is 27.8 Å². The van der Waals surface area contributed by atoms with E-state index >= 15 is 0 Å². The van der Waals surface area contributed by atoms with Gasteiger partial charge in [-0.15, -0.1) is 0 Å². The molecule has 2 saturated heterocycles. The lowest BCUT2D eigenvalue weighted by atomic mass is 9.75. The number of carbonyl (C=O) groups is 1. The Labute approximate surface area is 127 Å². The summed E-state index contributed by atoms with van der Waals surface area (Å²) in [6.45, 7) is 5.67. The van der Waals surface area contributed by atoms with Gasteiger partial charge in [0.1, 0.15) is 0 Å². The molecule has 0 amide bonds. The van der Waals surface area contributed by atoms with Crippen LogP contribution in [0.2, 0.25) is 0 Å². The Hall–Kier alpha value is -0.860. The summed E-state index contributed by atoms with van der Waals surface area (Å²) in [4.78, 5) is 11.6. The second-order valence-corrected chi connectivity index (χ2v) is 6.18. The Morgan fingerprint density at radius 1 is 1.27 bits per heavy atom. The summed E-state index contributed by atoms with van der Waals surface area (Å²) in [7, 11) is 0. The normalized spacial score (nSPS) is 26.0. The average Bonchev–Trinajstić information content (AvgIpc) is 2.46. The maximum absolute atomic E-state index is 10.6. The molecule has 0 aromatic rings. The van der Waals surface area contributed by atoms with Gasteiger partial charge >= 0.3 is 12.1 Å². The van der Waals surface area contributed by atoms with Crippen molar-refractivity contribution in [1.29, 1.82) is 0 Å². The van der Waals surface area contributed by atoms with Gasteiger partial charge in [-0.05, 0) is 32.1 Å². The minimum Gasteiger partial charge on any atom is -0.475 e. The highest BCUT2D eigenvalue weighted by atomic mass is 19.4. The molecule has 1 aliphatic carbocycles. The van der Waals surface area contributed by atoms with E-state index < -0.39 is 12.1 Å². The quantitative estimate of drug-likeness (QED) is 0.768. The molecular formula is C14H23F3N2O3. The highest BCUT2D eigenvalue weighted by Crippen LogP contribution is 2.35. The summed E-state index contributed by atoms with van der Waals surface area (Å²) >= 11 is 0. The fourth-order valence-corrected chi connectivity index (χ4v) is 3.29. The number of hydrogen-bond donors (Lipinski definition) is 2. The van der Waals surface area contributed by atoms with Crippen molar-refractivity contribution in [3.63, 3.8) is 0 Å². The van der Waals surface area contributed by atoms with E-state index in [0.29, 0.717) is 5.54 Å². The first-order valence-electron chi connectivity index (χ1n) is 7.69. The van der Waals surface area contributed by atoms with Crippen LogP contribution in [0.15, 0.2) is 0 Å². The second kappa shape index (κ2) is 7.14. The monoisotopic (exact) mass is 324 g/mol. The average molecular weight is 324 g/mol. The van der Waals surface area contributed by atoms with Gasteiger partial charge in [-0.25, -0.2) is 4.79 Å². The largest absolute Gasteiger partial charge is 0.490 e. The number of hydrogen-bond acceptors (Lipinski definition) is 4. The molecule has 2 N–H and O–H groups in total. The minimum atomic E-state index is -5.08. The molecule has 0 radical (unpaired) electrons. The molecule has 2 heterocycles. The molecule has 22 heavy (non-hydrogen) atoms. The molecule has 128 valence electrons. The Kier molecular flexibility index (Phi) is 5.68. The lowest BCUT2D eigenvalue weighted by Gasteiger charge is -2.52. The molecule has 2 aliphatic heterocycles. The van der Waals surface area contributed by atoms with E-state index in [1.54, 1.807) is 0 Å².